The number of nitrogens with zero attached hydrogens (tertiary/aromatic N) is 2. The maximum Gasteiger partial charge on any atom is 0.118 e. The predicted octanol–water partition coefficient (Wildman–Crippen LogP) is -0.793. The normalized spacial score (nSPS) is 16.8. The van der Waals surface area contributed by atoms with E-state index in [1.165, 1.54) is 0 Å². The lowest BCUT2D eigenvalue weighted by atomic mass is 9.97. The average molecular weight is 134 g/mol. The maximum absolute atomic E-state index is 5.60. The van der Waals surface area contributed by atoms with Gasteiger partial charge >= 0.3 is 0 Å². The van der Waals surface area contributed by atoms with E-state index in [-0.39, 0.29) is 0 Å². The summed E-state index contributed by atoms with van der Waals surface area (Å²) in [7, 11) is 5.60. The van der Waals surface area contributed by atoms with Crippen LogP contribution in [0.15, 0.2) is 6.20 Å². The van der Waals surface area contributed by atoms with Crippen molar-refractivity contribution in [2.24, 2.45) is 0 Å². The van der Waals surface area contributed by atoms with Crippen molar-refractivity contribution in [2.45, 2.75) is 13.2 Å². The Morgan fingerprint density at radius 1 is 1.70 bits per heavy atom. The zero-order valence-corrected chi connectivity index (χ0v) is 5.58. The second-order valence-corrected chi connectivity index (χ2v) is 2.32. The maximum atomic E-state index is 5.60. The molecule has 4 heteroatoms. The molecule has 1 aliphatic heterocycles. The van der Waals surface area contributed by atoms with E-state index < -0.39 is 0 Å². The van der Waals surface area contributed by atoms with E-state index in [1.54, 1.807) is 6.20 Å². The molecule has 0 unspecified atom stereocenters. The Morgan fingerprint density at radius 3 is 3.40 bits per heavy atom. The second-order valence-electron chi connectivity index (χ2n) is 2.32. The number of hydrogen-bond acceptors (Lipinski definition) is 2. The summed E-state index contributed by atoms with van der Waals surface area (Å²) in [6, 6.07) is 0. The molecule has 2 heterocycles. The average Bonchev–Trinajstić information content (AvgIpc) is 2.34. The Labute approximate surface area is 60.4 Å². The first-order chi connectivity index (χ1) is 4.88. The zero-order valence-electron chi connectivity index (χ0n) is 5.58. The zero-order chi connectivity index (χ0) is 6.97. The lowest BCUT2D eigenvalue weighted by molar-refractivity contribution is 0.0807. The fourth-order valence-electron chi connectivity index (χ4n) is 1.10. The quantitative estimate of drug-likeness (QED) is 0.434. The van der Waals surface area contributed by atoms with Crippen LogP contribution in [-0.4, -0.2) is 24.2 Å². The third-order valence-electron chi connectivity index (χ3n) is 1.67. The van der Waals surface area contributed by atoms with Gasteiger partial charge in [0.2, 0.25) is 0 Å². The van der Waals surface area contributed by atoms with Gasteiger partial charge in [0.1, 0.15) is 7.85 Å². The molecule has 0 fully saturated rings. The van der Waals surface area contributed by atoms with Gasteiger partial charge in [-0.05, 0) is 0 Å². The first-order valence-corrected chi connectivity index (χ1v) is 3.26. The predicted molar refractivity (Wildman–Crippen MR) is 37.3 cm³/mol. The van der Waals surface area contributed by atoms with Crippen LogP contribution >= 0.6 is 0 Å². The lowest BCUT2D eigenvalue weighted by Crippen LogP contribution is -2.21. The summed E-state index contributed by atoms with van der Waals surface area (Å²) in [5.74, 6) is 0. The Balaban J connectivity index is 2.45. The van der Waals surface area contributed by atoms with Gasteiger partial charge in [0, 0.05) is 6.20 Å². The van der Waals surface area contributed by atoms with E-state index in [0.717, 1.165) is 24.3 Å². The van der Waals surface area contributed by atoms with Crippen molar-refractivity contribution in [3.8, 4) is 0 Å². The van der Waals surface area contributed by atoms with Crippen LogP contribution in [0.5, 0.6) is 0 Å². The smallest absolute Gasteiger partial charge is 0.118 e. The summed E-state index contributed by atoms with van der Waals surface area (Å²) in [5, 5.41) is 4.07. The van der Waals surface area contributed by atoms with Crippen LogP contribution < -0.4 is 5.46 Å². The van der Waals surface area contributed by atoms with Crippen molar-refractivity contribution in [3.63, 3.8) is 0 Å². The molecule has 0 saturated heterocycles. The van der Waals surface area contributed by atoms with Gasteiger partial charge in [-0.1, -0.05) is 5.46 Å². The number of rotatable bonds is 0. The van der Waals surface area contributed by atoms with Gasteiger partial charge in [-0.3, -0.25) is 4.68 Å². The van der Waals surface area contributed by atoms with E-state index in [0.29, 0.717) is 6.61 Å². The number of fused-ring (bicyclic) bond motifs is 1. The minimum Gasteiger partial charge on any atom is -0.373 e. The van der Waals surface area contributed by atoms with Crippen molar-refractivity contribution in [2.75, 3.05) is 6.61 Å². The summed E-state index contributed by atoms with van der Waals surface area (Å²) < 4.78 is 7.08. The van der Waals surface area contributed by atoms with E-state index in [9.17, 15) is 0 Å². The summed E-state index contributed by atoms with van der Waals surface area (Å²) >= 11 is 0. The molecule has 0 N–H and O–H groups in total. The van der Waals surface area contributed by atoms with Crippen LogP contribution in [-0.2, 0) is 17.9 Å². The minimum atomic E-state index is 0.603. The summed E-state index contributed by atoms with van der Waals surface area (Å²) in [6.07, 6.45) is 1.67. The van der Waals surface area contributed by atoms with Crippen LogP contribution in [0.3, 0.4) is 0 Å². The molecule has 0 amide bonds. The van der Waals surface area contributed by atoms with Gasteiger partial charge < -0.3 is 4.74 Å². The first-order valence-electron chi connectivity index (χ1n) is 3.26. The fourth-order valence-corrected chi connectivity index (χ4v) is 1.10. The standard InChI is InChI=1S/C6H7BN2O/c7-5-3-8-9-1-2-10-4-6(5)9/h3H,1-2,4H2. The lowest BCUT2D eigenvalue weighted by Gasteiger charge is -2.14. The van der Waals surface area contributed by atoms with E-state index in [4.69, 9.17) is 12.6 Å². The van der Waals surface area contributed by atoms with Crippen LogP contribution in [0.1, 0.15) is 5.69 Å². The third kappa shape index (κ3) is 0.760. The Bertz CT molecular complexity index is 246. The number of ether oxygens (including phenoxy) is 1. The van der Waals surface area contributed by atoms with E-state index in [1.807, 2.05) is 4.68 Å². The molecule has 0 saturated carbocycles. The highest BCUT2D eigenvalue weighted by Crippen LogP contribution is 2.03. The molecule has 50 valence electrons. The SMILES string of the molecule is [B]c1cnn2c1COCC2. The van der Waals surface area contributed by atoms with Crippen LogP contribution in [0.4, 0.5) is 0 Å². The second kappa shape index (κ2) is 2.13. The summed E-state index contributed by atoms with van der Waals surface area (Å²) in [6.45, 7) is 2.17. The monoisotopic (exact) mass is 134 g/mol. The summed E-state index contributed by atoms with van der Waals surface area (Å²) in [4.78, 5) is 0. The molecular weight excluding hydrogens is 127 g/mol. The number of hydrogen-bond donors (Lipinski definition) is 0. The molecule has 0 atom stereocenters. The van der Waals surface area contributed by atoms with Crippen molar-refractivity contribution in [3.05, 3.63) is 11.9 Å². The van der Waals surface area contributed by atoms with Gasteiger partial charge in [0.25, 0.3) is 0 Å². The van der Waals surface area contributed by atoms with Crippen molar-refractivity contribution < 1.29 is 4.74 Å². The van der Waals surface area contributed by atoms with Crippen molar-refractivity contribution in [1.29, 1.82) is 0 Å². The fraction of sp³-hybridized carbons (Fsp3) is 0.500. The van der Waals surface area contributed by atoms with Gasteiger partial charge in [-0.15, -0.1) is 0 Å². The molecule has 0 aliphatic carbocycles. The van der Waals surface area contributed by atoms with Gasteiger partial charge in [0.15, 0.2) is 0 Å². The minimum absolute atomic E-state index is 0.603. The molecule has 2 radical (unpaired) electrons. The van der Waals surface area contributed by atoms with Crippen molar-refractivity contribution >= 4 is 13.3 Å². The molecule has 0 aromatic carbocycles. The molecule has 10 heavy (non-hydrogen) atoms. The summed E-state index contributed by atoms with van der Waals surface area (Å²) in [5.41, 5.74) is 1.74. The molecular formula is C6H7BN2O. The van der Waals surface area contributed by atoms with Gasteiger partial charge in [-0.25, -0.2) is 0 Å². The highest BCUT2D eigenvalue weighted by Gasteiger charge is 2.10. The van der Waals surface area contributed by atoms with Crippen LogP contribution in [0.2, 0.25) is 0 Å². The van der Waals surface area contributed by atoms with Crippen molar-refractivity contribution in [1.82, 2.24) is 9.78 Å². The molecule has 1 aromatic heterocycles. The molecule has 3 nitrogen and oxygen atoms in total. The van der Waals surface area contributed by atoms with Crippen LogP contribution in [0, 0.1) is 0 Å². The Kier molecular flexibility index (Phi) is 1.27. The molecule has 0 bridgehead atoms. The van der Waals surface area contributed by atoms with E-state index >= 15 is 0 Å². The topological polar surface area (TPSA) is 27.1 Å². The first kappa shape index (κ1) is 5.98. The Morgan fingerprint density at radius 2 is 2.60 bits per heavy atom. The molecule has 0 spiro atoms. The largest absolute Gasteiger partial charge is 0.373 e. The van der Waals surface area contributed by atoms with Gasteiger partial charge in [0.05, 0.1) is 25.5 Å². The van der Waals surface area contributed by atoms with Crippen LogP contribution in [0.25, 0.3) is 0 Å². The van der Waals surface area contributed by atoms with Gasteiger partial charge in [-0.2, -0.15) is 5.10 Å². The Hall–Kier alpha value is -0.765. The third-order valence-corrected chi connectivity index (χ3v) is 1.67. The number of aromatic nitrogens is 2. The molecule has 1 aliphatic rings. The highest BCUT2D eigenvalue weighted by molar-refractivity contribution is 6.32. The van der Waals surface area contributed by atoms with E-state index in [2.05, 4.69) is 5.10 Å². The molecule has 2 rings (SSSR count). The molecule has 1 aromatic rings. The highest BCUT2D eigenvalue weighted by atomic mass is 16.5.